The second-order valence-electron chi connectivity index (χ2n) is 4.63. The van der Waals surface area contributed by atoms with Crippen molar-refractivity contribution in [3.05, 3.63) is 0 Å². The Kier molecular flexibility index (Phi) is 5.52. The van der Waals surface area contributed by atoms with Gasteiger partial charge >= 0.3 is 0 Å². The van der Waals surface area contributed by atoms with Crippen molar-refractivity contribution < 1.29 is 18.7 Å². The third kappa shape index (κ3) is 3.25. The molecule has 1 aliphatic rings. The number of unbranched alkanes of at least 4 members (excludes halogenated alkanes) is 1. The molecule has 0 radical (unpaired) electrons. The first kappa shape index (κ1) is 15.0. The van der Waals surface area contributed by atoms with Crippen molar-refractivity contribution in [3.63, 3.8) is 0 Å². The van der Waals surface area contributed by atoms with Gasteiger partial charge in [-0.15, -0.1) is 0 Å². The molecule has 0 spiro atoms. The Morgan fingerprint density at radius 1 is 1.47 bits per heavy atom. The van der Waals surface area contributed by atoms with Crippen molar-refractivity contribution in [2.24, 2.45) is 5.92 Å². The fraction of sp³-hybridized carbons (Fsp3) is 0.917. The van der Waals surface area contributed by atoms with E-state index in [0.29, 0.717) is 6.61 Å². The minimum absolute atomic E-state index is 0.0323. The Morgan fingerprint density at radius 3 is 2.59 bits per heavy atom. The summed E-state index contributed by atoms with van der Waals surface area (Å²) in [5.41, 5.74) is -0.566. The van der Waals surface area contributed by atoms with E-state index in [-0.39, 0.29) is 17.8 Å². The van der Waals surface area contributed by atoms with Crippen LogP contribution in [-0.4, -0.2) is 24.2 Å². The van der Waals surface area contributed by atoms with Crippen LogP contribution in [0.5, 0.6) is 0 Å². The number of hydrogen-bond donors (Lipinski definition) is 0. The van der Waals surface area contributed by atoms with Gasteiger partial charge in [-0.05, 0) is 27.2 Å². The zero-order valence-corrected chi connectivity index (χ0v) is 12.0. The highest BCUT2D eigenvalue weighted by atomic mass is 31.2. The molecule has 1 saturated heterocycles. The highest BCUT2D eigenvalue weighted by molar-refractivity contribution is 7.61. The Morgan fingerprint density at radius 2 is 2.12 bits per heavy atom. The van der Waals surface area contributed by atoms with E-state index in [1.165, 1.54) is 6.92 Å². The van der Waals surface area contributed by atoms with Gasteiger partial charge in [-0.1, -0.05) is 19.8 Å². The number of ketones is 1. The van der Waals surface area contributed by atoms with Crippen LogP contribution in [0.25, 0.3) is 0 Å². The molecule has 0 N–H and O–H groups in total. The summed E-state index contributed by atoms with van der Waals surface area (Å²) in [5.74, 6) is -0.0444. The molecule has 0 amide bonds. The lowest BCUT2D eigenvalue weighted by Gasteiger charge is -2.27. The first-order valence-electron chi connectivity index (χ1n) is 6.39. The molecule has 0 saturated carbocycles. The lowest BCUT2D eigenvalue weighted by molar-refractivity contribution is -0.218. The standard InChI is InChI=1S/C12H23O4P/c1-5-7-8-11-10(4)16-17(14,15-6-2)12(11)9(3)13/h10-12H,5-8H2,1-4H3/t10-,11-,12+,17?/m1/s1. The topological polar surface area (TPSA) is 58.6 Å². The molecule has 100 valence electrons. The highest BCUT2D eigenvalue weighted by Gasteiger charge is 2.58. The molecule has 1 rings (SSSR count). The van der Waals surface area contributed by atoms with Crippen molar-refractivity contribution >= 4 is 13.7 Å². The van der Waals surface area contributed by atoms with Gasteiger partial charge in [0, 0.05) is 5.92 Å². The Balaban J connectivity index is 2.86. The van der Waals surface area contributed by atoms with E-state index < -0.39 is 13.6 Å². The second kappa shape index (κ2) is 6.24. The number of Topliss-reactive ketones (excluding diaryl/α,β-unsaturated/α-hetero) is 1. The highest BCUT2D eigenvalue weighted by Crippen LogP contribution is 2.67. The van der Waals surface area contributed by atoms with E-state index >= 15 is 0 Å². The summed E-state index contributed by atoms with van der Waals surface area (Å²) in [4.78, 5) is 24.2. The minimum atomic E-state index is -3.24. The predicted molar refractivity (Wildman–Crippen MR) is 66.6 cm³/mol. The normalized spacial score (nSPS) is 37.4. The van der Waals surface area contributed by atoms with E-state index in [9.17, 15) is 9.69 Å². The van der Waals surface area contributed by atoms with E-state index in [1.807, 2.05) is 6.92 Å². The van der Waals surface area contributed by atoms with Gasteiger partial charge in [-0.2, -0.15) is 0 Å². The maximum Gasteiger partial charge on any atom is 0.248 e. The molecular weight excluding hydrogens is 239 g/mol. The van der Waals surface area contributed by atoms with Crippen LogP contribution in [0.4, 0.5) is 0 Å². The molecule has 0 aliphatic carbocycles. The molecule has 17 heavy (non-hydrogen) atoms. The molecule has 0 bridgehead atoms. The maximum absolute atomic E-state index is 12.5. The first-order chi connectivity index (χ1) is 7.96. The summed E-state index contributed by atoms with van der Waals surface area (Å²) in [6.45, 7) is 7.55. The van der Waals surface area contributed by atoms with Gasteiger partial charge in [0.15, 0.2) is 11.4 Å². The first-order valence-corrected chi connectivity index (χ1v) is 8.00. The van der Waals surface area contributed by atoms with Crippen LogP contribution in [0.3, 0.4) is 0 Å². The van der Waals surface area contributed by atoms with Crippen LogP contribution >= 0.6 is 7.94 Å². The van der Waals surface area contributed by atoms with Gasteiger partial charge < -0.3 is 4.89 Å². The molecule has 0 aromatic heterocycles. The molecule has 1 fully saturated rings. The van der Waals surface area contributed by atoms with Gasteiger partial charge in [-0.25, -0.2) is 9.05 Å². The summed E-state index contributed by atoms with van der Waals surface area (Å²) in [7, 11) is -3.24. The predicted octanol–water partition coefficient (Wildman–Crippen LogP) is 2.33. The smallest absolute Gasteiger partial charge is 0.248 e. The molecule has 0 aromatic rings. The molecule has 5 heteroatoms. The summed E-state index contributed by atoms with van der Waals surface area (Å²) >= 11 is 0. The van der Waals surface area contributed by atoms with Crippen molar-refractivity contribution in [2.75, 3.05) is 6.61 Å². The largest absolute Gasteiger partial charge is 0.631 e. The van der Waals surface area contributed by atoms with Crippen LogP contribution in [-0.2, 0) is 13.8 Å². The Labute approximate surface area is 104 Å². The molecule has 1 aliphatic heterocycles. The number of rotatable bonds is 6. The average molecular weight is 262 g/mol. The lowest BCUT2D eigenvalue weighted by Crippen LogP contribution is -2.32. The average Bonchev–Trinajstić information content (AvgIpc) is 2.47. The van der Waals surface area contributed by atoms with Gasteiger partial charge in [0.1, 0.15) is 6.10 Å². The van der Waals surface area contributed by atoms with Crippen molar-refractivity contribution in [1.29, 1.82) is 0 Å². The summed E-state index contributed by atoms with van der Waals surface area (Å²) in [6.07, 6.45) is 2.80. The zero-order chi connectivity index (χ0) is 13.1. The van der Waals surface area contributed by atoms with E-state index in [4.69, 9.17) is 9.05 Å². The van der Waals surface area contributed by atoms with Crippen LogP contribution in [0.15, 0.2) is 0 Å². The lowest BCUT2D eigenvalue weighted by atomic mass is 9.91. The second-order valence-corrected chi connectivity index (χ2v) is 6.73. The Bertz CT molecular complexity index is 271. The van der Waals surface area contributed by atoms with Gasteiger partial charge in [-0.3, -0.25) is 4.79 Å². The van der Waals surface area contributed by atoms with Crippen LogP contribution in [0.1, 0.15) is 47.0 Å². The van der Waals surface area contributed by atoms with E-state index in [0.717, 1.165) is 19.3 Å². The van der Waals surface area contributed by atoms with Crippen molar-refractivity contribution in [2.45, 2.75) is 58.7 Å². The Hall–Kier alpha value is -0.0200. The fourth-order valence-corrected chi connectivity index (χ4v) is 5.15. The van der Waals surface area contributed by atoms with Gasteiger partial charge in [0.05, 0.1) is 6.61 Å². The SMILES string of the molecule is CCCC[C@@H]1[C@@H](C)O[P+]([O-])(OCC)[C@H]1C(C)=O. The molecule has 0 aromatic carbocycles. The fourth-order valence-electron chi connectivity index (χ4n) is 2.51. The molecule has 4 nitrogen and oxygen atoms in total. The zero-order valence-electron chi connectivity index (χ0n) is 11.1. The van der Waals surface area contributed by atoms with Crippen molar-refractivity contribution in [1.82, 2.24) is 0 Å². The summed E-state index contributed by atoms with van der Waals surface area (Å²) in [5, 5.41) is 0. The molecule has 1 heterocycles. The number of carbonyl (C=O) groups is 1. The van der Waals surface area contributed by atoms with Crippen LogP contribution in [0.2, 0.25) is 0 Å². The molecule has 1 unspecified atom stereocenters. The monoisotopic (exact) mass is 262 g/mol. The minimum Gasteiger partial charge on any atom is -0.631 e. The molecule has 4 atom stereocenters. The van der Waals surface area contributed by atoms with Crippen LogP contribution < -0.4 is 4.89 Å². The molecular formula is C12H23O4P. The summed E-state index contributed by atoms with van der Waals surface area (Å²) in [6, 6.07) is 0. The third-order valence-electron chi connectivity index (χ3n) is 3.28. The summed E-state index contributed by atoms with van der Waals surface area (Å²) < 4.78 is 10.7. The number of carbonyl (C=O) groups excluding carboxylic acids is 1. The van der Waals surface area contributed by atoms with Gasteiger partial charge in [0.2, 0.25) is 7.94 Å². The van der Waals surface area contributed by atoms with Crippen molar-refractivity contribution in [3.8, 4) is 0 Å². The van der Waals surface area contributed by atoms with Crippen LogP contribution in [0, 0.1) is 5.92 Å². The van der Waals surface area contributed by atoms with E-state index in [2.05, 4.69) is 6.92 Å². The third-order valence-corrected chi connectivity index (χ3v) is 5.95. The quantitative estimate of drug-likeness (QED) is 0.689. The maximum atomic E-state index is 12.5. The van der Waals surface area contributed by atoms with Gasteiger partial charge in [0.25, 0.3) is 0 Å². The van der Waals surface area contributed by atoms with E-state index in [1.54, 1.807) is 6.92 Å². The number of hydrogen-bond acceptors (Lipinski definition) is 4.